The third-order valence-electron chi connectivity index (χ3n) is 3.15. The number of rotatable bonds is 5. The second kappa shape index (κ2) is 6.11. The molecule has 6 heteroatoms. The Kier molecular flexibility index (Phi) is 4.03. The quantitative estimate of drug-likeness (QED) is 0.710. The lowest BCUT2D eigenvalue weighted by Crippen LogP contribution is -2.09. The van der Waals surface area contributed by atoms with Crippen LogP contribution in [0.25, 0.3) is 22.3 Å². The van der Waals surface area contributed by atoms with Gasteiger partial charge in [0.15, 0.2) is 0 Å². The summed E-state index contributed by atoms with van der Waals surface area (Å²) in [7, 11) is 1.67. The number of nitrogens with one attached hydrogen (secondary N) is 2. The maximum atomic E-state index is 6.27. The minimum atomic E-state index is 0.615. The molecule has 0 aliphatic rings. The first-order valence-corrected chi connectivity index (χ1v) is 6.99. The number of fused-ring (bicyclic) bond motifs is 1. The monoisotopic (exact) mass is 302 g/mol. The average Bonchev–Trinajstić information content (AvgIpc) is 2.96. The van der Waals surface area contributed by atoms with Gasteiger partial charge in [-0.05, 0) is 24.3 Å². The first kappa shape index (κ1) is 13.9. The van der Waals surface area contributed by atoms with Crippen LogP contribution in [0.15, 0.2) is 36.7 Å². The standard InChI is InChI=1S/C15H15ClN4O/c1-21-8-7-17-13-9-11(10-4-6-19-15(10)20-13)14-12(16)3-2-5-18-14/h2-6,9H,7-8H2,1H3,(H2,17,19,20). The highest BCUT2D eigenvalue weighted by atomic mass is 35.5. The van der Waals surface area contributed by atoms with Gasteiger partial charge in [-0.3, -0.25) is 4.98 Å². The van der Waals surface area contributed by atoms with Crippen molar-refractivity contribution in [1.29, 1.82) is 0 Å². The Morgan fingerprint density at radius 2 is 2.29 bits per heavy atom. The molecule has 0 fully saturated rings. The smallest absolute Gasteiger partial charge is 0.140 e. The van der Waals surface area contributed by atoms with Crippen LogP contribution in [-0.2, 0) is 4.74 Å². The predicted molar refractivity (Wildman–Crippen MR) is 84.7 cm³/mol. The summed E-state index contributed by atoms with van der Waals surface area (Å²) in [4.78, 5) is 12.0. The van der Waals surface area contributed by atoms with Gasteiger partial charge < -0.3 is 15.0 Å². The summed E-state index contributed by atoms with van der Waals surface area (Å²) in [5, 5.41) is 4.84. The van der Waals surface area contributed by atoms with Crippen molar-refractivity contribution in [1.82, 2.24) is 15.0 Å². The van der Waals surface area contributed by atoms with Crippen molar-refractivity contribution in [3.05, 3.63) is 41.7 Å². The van der Waals surface area contributed by atoms with Crippen molar-refractivity contribution in [3.8, 4) is 11.3 Å². The molecule has 5 nitrogen and oxygen atoms in total. The Bertz CT molecular complexity index is 756. The zero-order valence-electron chi connectivity index (χ0n) is 11.6. The van der Waals surface area contributed by atoms with E-state index >= 15 is 0 Å². The minimum absolute atomic E-state index is 0.615. The summed E-state index contributed by atoms with van der Waals surface area (Å²) in [5.41, 5.74) is 2.50. The summed E-state index contributed by atoms with van der Waals surface area (Å²) in [5.74, 6) is 0.763. The van der Waals surface area contributed by atoms with Crippen molar-refractivity contribution in [2.24, 2.45) is 0 Å². The molecule has 108 valence electrons. The van der Waals surface area contributed by atoms with E-state index in [-0.39, 0.29) is 0 Å². The molecule has 0 saturated heterocycles. The van der Waals surface area contributed by atoms with Crippen LogP contribution in [0.3, 0.4) is 0 Å². The van der Waals surface area contributed by atoms with Crippen molar-refractivity contribution in [2.75, 3.05) is 25.6 Å². The molecule has 0 aliphatic heterocycles. The fraction of sp³-hybridized carbons (Fsp3) is 0.200. The summed E-state index contributed by atoms with van der Waals surface area (Å²) in [6.07, 6.45) is 3.59. The molecule has 3 heterocycles. The van der Waals surface area contributed by atoms with Gasteiger partial charge in [-0.2, -0.15) is 0 Å². The second-order valence-corrected chi connectivity index (χ2v) is 4.96. The van der Waals surface area contributed by atoms with Gasteiger partial charge in [0.1, 0.15) is 11.5 Å². The van der Waals surface area contributed by atoms with Crippen LogP contribution in [0.4, 0.5) is 5.82 Å². The van der Waals surface area contributed by atoms with E-state index in [1.54, 1.807) is 13.3 Å². The number of anilines is 1. The molecule has 2 N–H and O–H groups in total. The Morgan fingerprint density at radius 3 is 3.10 bits per heavy atom. The lowest BCUT2D eigenvalue weighted by Gasteiger charge is -2.09. The van der Waals surface area contributed by atoms with Crippen molar-refractivity contribution < 1.29 is 4.74 Å². The number of halogens is 1. The fourth-order valence-electron chi connectivity index (χ4n) is 2.19. The molecule has 0 aliphatic carbocycles. The molecule has 0 saturated carbocycles. The lowest BCUT2D eigenvalue weighted by atomic mass is 10.1. The highest BCUT2D eigenvalue weighted by Gasteiger charge is 2.12. The van der Waals surface area contributed by atoms with Gasteiger partial charge >= 0.3 is 0 Å². The van der Waals surface area contributed by atoms with Crippen molar-refractivity contribution in [2.45, 2.75) is 0 Å². The summed E-state index contributed by atoms with van der Waals surface area (Å²) in [6.45, 7) is 1.30. The van der Waals surface area contributed by atoms with Crippen molar-refractivity contribution >= 4 is 28.5 Å². The predicted octanol–water partition coefficient (Wildman–Crippen LogP) is 3.34. The number of pyridine rings is 2. The van der Waals surface area contributed by atoms with E-state index in [1.165, 1.54) is 0 Å². The molecule has 3 rings (SSSR count). The molecule has 0 spiro atoms. The van der Waals surface area contributed by atoms with Crippen LogP contribution in [0.1, 0.15) is 0 Å². The molecule has 3 aromatic rings. The van der Waals surface area contributed by atoms with Gasteiger partial charge in [0.05, 0.1) is 17.3 Å². The SMILES string of the molecule is COCCNc1cc(-c2ncccc2Cl)c2cc[nH]c2n1. The molecule has 0 aromatic carbocycles. The fourth-order valence-corrected chi connectivity index (χ4v) is 2.41. The number of hydrogen-bond donors (Lipinski definition) is 2. The Morgan fingerprint density at radius 1 is 1.38 bits per heavy atom. The van der Waals surface area contributed by atoms with E-state index in [0.717, 1.165) is 28.1 Å². The van der Waals surface area contributed by atoms with Crippen LogP contribution < -0.4 is 5.32 Å². The zero-order chi connectivity index (χ0) is 14.7. The highest BCUT2D eigenvalue weighted by molar-refractivity contribution is 6.33. The normalized spacial score (nSPS) is 11.0. The van der Waals surface area contributed by atoms with Gasteiger partial charge in [0.25, 0.3) is 0 Å². The van der Waals surface area contributed by atoms with Gasteiger partial charge in [0, 0.05) is 37.0 Å². The first-order valence-electron chi connectivity index (χ1n) is 6.61. The summed E-state index contributed by atoms with van der Waals surface area (Å²) < 4.78 is 5.04. The number of aromatic nitrogens is 3. The van der Waals surface area contributed by atoms with Gasteiger partial charge in [-0.1, -0.05) is 11.6 Å². The number of aromatic amines is 1. The van der Waals surface area contributed by atoms with Crippen LogP contribution >= 0.6 is 11.6 Å². The third-order valence-corrected chi connectivity index (χ3v) is 3.46. The Balaban J connectivity index is 2.08. The highest BCUT2D eigenvalue weighted by Crippen LogP contribution is 2.32. The topological polar surface area (TPSA) is 62.8 Å². The van der Waals surface area contributed by atoms with E-state index < -0.39 is 0 Å². The van der Waals surface area contributed by atoms with Crippen LogP contribution in [0.2, 0.25) is 5.02 Å². The molecule has 0 radical (unpaired) electrons. The Labute approximate surface area is 127 Å². The Hall–Kier alpha value is -2.11. The van der Waals surface area contributed by atoms with Gasteiger partial charge in [0.2, 0.25) is 0 Å². The van der Waals surface area contributed by atoms with Crippen LogP contribution in [0.5, 0.6) is 0 Å². The average molecular weight is 303 g/mol. The second-order valence-electron chi connectivity index (χ2n) is 4.55. The maximum absolute atomic E-state index is 6.27. The molecule has 0 amide bonds. The van der Waals surface area contributed by atoms with Crippen LogP contribution in [-0.4, -0.2) is 35.2 Å². The molecule has 0 unspecified atom stereocenters. The molecular formula is C15H15ClN4O. The summed E-state index contributed by atoms with van der Waals surface area (Å²) >= 11 is 6.27. The first-order chi connectivity index (χ1) is 10.3. The molecule has 0 atom stereocenters. The maximum Gasteiger partial charge on any atom is 0.140 e. The minimum Gasteiger partial charge on any atom is -0.383 e. The number of H-pyrrole nitrogens is 1. The number of nitrogens with zero attached hydrogens (tertiary/aromatic N) is 2. The third kappa shape index (κ3) is 2.84. The van der Waals surface area contributed by atoms with Crippen molar-refractivity contribution in [3.63, 3.8) is 0 Å². The van der Waals surface area contributed by atoms with E-state index in [1.807, 2.05) is 30.5 Å². The number of hydrogen-bond acceptors (Lipinski definition) is 4. The zero-order valence-corrected chi connectivity index (χ0v) is 12.3. The number of ether oxygens (including phenoxy) is 1. The van der Waals surface area contributed by atoms with Crippen LogP contribution in [0, 0.1) is 0 Å². The van der Waals surface area contributed by atoms with Gasteiger partial charge in [-0.15, -0.1) is 0 Å². The van der Waals surface area contributed by atoms with E-state index in [0.29, 0.717) is 18.2 Å². The van der Waals surface area contributed by atoms with E-state index in [2.05, 4.69) is 20.3 Å². The largest absolute Gasteiger partial charge is 0.383 e. The van der Waals surface area contributed by atoms with Gasteiger partial charge in [-0.25, -0.2) is 4.98 Å². The van der Waals surface area contributed by atoms with E-state index in [9.17, 15) is 0 Å². The molecular weight excluding hydrogens is 288 g/mol. The molecule has 21 heavy (non-hydrogen) atoms. The summed E-state index contributed by atoms with van der Waals surface area (Å²) in [6, 6.07) is 7.58. The van der Waals surface area contributed by atoms with E-state index in [4.69, 9.17) is 16.3 Å². The lowest BCUT2D eigenvalue weighted by molar-refractivity contribution is 0.210. The molecule has 0 bridgehead atoms. The molecule has 3 aromatic heterocycles. The number of methoxy groups -OCH3 is 1.